The molecule has 0 unspecified atom stereocenters. The molecule has 2 spiro atoms. The van der Waals surface area contributed by atoms with Crippen molar-refractivity contribution in [3.8, 4) is 22.3 Å². The van der Waals surface area contributed by atoms with Gasteiger partial charge in [0, 0.05) is 31.3 Å². The highest BCUT2D eigenvalue weighted by Gasteiger charge is 2.53. The van der Waals surface area contributed by atoms with E-state index < -0.39 is 30.0 Å². The molecule has 5 heterocycles. The predicted molar refractivity (Wildman–Crippen MR) is 272 cm³/mol. The lowest BCUT2D eigenvalue weighted by molar-refractivity contribution is -0.153. The molecule has 4 aliphatic heterocycles. The Morgan fingerprint density at radius 1 is 0.803 bits per heavy atom. The number of H-pyrrole nitrogens is 1. The van der Waals surface area contributed by atoms with Gasteiger partial charge in [-0.15, -0.1) is 0 Å². The molecule has 10 rings (SSSR count). The Kier molecular flexibility index (Phi) is 13.2. The third-order valence-electron chi connectivity index (χ3n) is 16.1. The highest BCUT2D eigenvalue weighted by atomic mass is 16.7. The summed E-state index contributed by atoms with van der Waals surface area (Å²) in [6.07, 6.45) is 10.7. The molecule has 3 N–H and O–H groups in total. The monoisotopic (exact) mass is 966 g/mol. The highest BCUT2D eigenvalue weighted by Crippen LogP contribution is 2.53. The fourth-order valence-corrected chi connectivity index (χ4v) is 12.3. The summed E-state index contributed by atoms with van der Waals surface area (Å²) in [6.45, 7) is 13.5. The molecule has 0 radical (unpaired) electrons. The lowest BCUT2D eigenvalue weighted by atomic mass is 9.82. The summed E-state index contributed by atoms with van der Waals surface area (Å²) in [7, 11) is 2.81. The number of hydrogen-bond acceptors (Lipinski definition) is 11. The van der Waals surface area contributed by atoms with Crippen molar-refractivity contribution in [3.05, 3.63) is 106 Å². The number of nitrogens with one attached hydrogen (secondary N) is 3. The van der Waals surface area contributed by atoms with Crippen LogP contribution in [0.2, 0.25) is 0 Å². The van der Waals surface area contributed by atoms with Gasteiger partial charge >= 0.3 is 6.09 Å². The van der Waals surface area contributed by atoms with E-state index in [1.54, 1.807) is 4.90 Å². The average Bonchev–Trinajstić information content (AvgIpc) is 4.25. The van der Waals surface area contributed by atoms with Crippen molar-refractivity contribution >= 4 is 40.1 Å². The van der Waals surface area contributed by atoms with Crippen molar-refractivity contribution < 1.29 is 33.3 Å². The third kappa shape index (κ3) is 9.15. The van der Waals surface area contributed by atoms with Crippen molar-refractivity contribution in [2.75, 3.05) is 40.5 Å². The zero-order chi connectivity index (χ0) is 49.8. The fraction of sp³-hybridized carbons (Fsp3) is 0.500. The third-order valence-corrected chi connectivity index (χ3v) is 16.1. The van der Waals surface area contributed by atoms with Crippen LogP contribution in [-0.4, -0.2) is 108 Å². The van der Waals surface area contributed by atoms with Crippen molar-refractivity contribution in [1.82, 2.24) is 30.4 Å². The first kappa shape index (κ1) is 48.3. The van der Waals surface area contributed by atoms with Crippen molar-refractivity contribution in [3.63, 3.8) is 0 Å². The van der Waals surface area contributed by atoms with Gasteiger partial charge in [0.25, 0.3) is 5.56 Å². The number of ether oxygens (including phenoxy) is 4. The Hall–Kier alpha value is -6.32. The molecule has 6 aliphatic rings. The predicted octanol–water partition coefficient (Wildman–Crippen LogP) is 8.22. The molecule has 71 heavy (non-hydrogen) atoms. The van der Waals surface area contributed by atoms with Gasteiger partial charge in [-0.25, -0.2) is 9.78 Å². The molecule has 0 bridgehead atoms. The van der Waals surface area contributed by atoms with Crippen LogP contribution in [0.1, 0.15) is 108 Å². The van der Waals surface area contributed by atoms with E-state index in [0.29, 0.717) is 68.2 Å². The van der Waals surface area contributed by atoms with E-state index in [9.17, 15) is 19.2 Å². The molecule has 4 atom stereocenters. The van der Waals surface area contributed by atoms with Crippen LogP contribution in [0.5, 0.6) is 0 Å². The van der Waals surface area contributed by atoms with E-state index in [2.05, 4.69) is 64.7 Å². The minimum atomic E-state index is -0.847. The van der Waals surface area contributed by atoms with Gasteiger partial charge in [-0.1, -0.05) is 83.0 Å². The van der Waals surface area contributed by atoms with Crippen LogP contribution in [0.15, 0.2) is 83.0 Å². The van der Waals surface area contributed by atoms with Gasteiger partial charge in [0.2, 0.25) is 11.8 Å². The van der Waals surface area contributed by atoms with Crippen LogP contribution in [0.4, 0.5) is 4.79 Å². The molecule has 3 saturated heterocycles. The SMILES string of the molecule is C=C(N[C@@H](C(=O)N1CC2(C[C@H]1C1=NC=C(c3ccc(-c4ccc(-c5ccc6nc([C@@H]7CCCN7C(=O)[C@@H](NC(=O)OC)C(C)C)[nH]c(=O)c6c5)c5c4CC4(CCCC4)C5)cc3)C1)OCCO2)C(C)C)OC. The van der Waals surface area contributed by atoms with Gasteiger partial charge in [0.1, 0.15) is 17.9 Å². The van der Waals surface area contributed by atoms with Crippen molar-refractivity contribution in [1.29, 1.82) is 0 Å². The maximum atomic E-state index is 14.3. The number of methoxy groups -OCH3 is 2. The van der Waals surface area contributed by atoms with Crippen LogP contribution < -0.4 is 16.2 Å². The first-order chi connectivity index (χ1) is 34.2. The van der Waals surface area contributed by atoms with Gasteiger partial charge in [0.05, 0.1) is 57.0 Å². The van der Waals surface area contributed by atoms with E-state index in [4.69, 9.17) is 28.9 Å². The number of fused-ring (bicyclic) bond motifs is 2. The van der Waals surface area contributed by atoms with E-state index in [-0.39, 0.29) is 40.7 Å². The Bertz CT molecular complexity index is 2870. The topological polar surface area (TPSA) is 177 Å². The van der Waals surface area contributed by atoms with Gasteiger partial charge in [-0.05, 0) is 119 Å². The fourth-order valence-electron chi connectivity index (χ4n) is 12.3. The second-order valence-corrected chi connectivity index (χ2v) is 21.2. The number of rotatable bonds is 13. The van der Waals surface area contributed by atoms with Crippen LogP contribution in [0.3, 0.4) is 0 Å². The summed E-state index contributed by atoms with van der Waals surface area (Å²) in [5.41, 5.74) is 10.9. The van der Waals surface area contributed by atoms with Crippen molar-refractivity contribution in [2.24, 2.45) is 22.2 Å². The number of nitrogens with zero attached hydrogens (tertiary/aromatic N) is 4. The number of allylic oxidation sites excluding steroid dienone is 1. The Labute approximate surface area is 415 Å². The van der Waals surface area contributed by atoms with Gasteiger partial charge < -0.3 is 44.4 Å². The Morgan fingerprint density at radius 3 is 2.10 bits per heavy atom. The number of likely N-dealkylation sites (tertiary alicyclic amines) is 2. The summed E-state index contributed by atoms with van der Waals surface area (Å²) in [5.74, 6) is -0.529. The Morgan fingerprint density at radius 2 is 1.44 bits per heavy atom. The van der Waals surface area contributed by atoms with Gasteiger partial charge in [-0.3, -0.25) is 19.4 Å². The molecule has 1 aromatic heterocycles. The molecule has 1 saturated carbocycles. The van der Waals surface area contributed by atoms with E-state index in [1.807, 2.05) is 50.9 Å². The number of alkyl carbamates (subject to hydrolysis) is 1. The number of carbonyl (C=O) groups is 3. The molecule has 4 fully saturated rings. The number of benzene rings is 3. The molecule has 15 nitrogen and oxygen atoms in total. The number of aliphatic imine (C=N–C) groups is 1. The maximum absolute atomic E-state index is 14.3. The Balaban J connectivity index is 0.891. The number of hydrogen-bond donors (Lipinski definition) is 3. The van der Waals surface area contributed by atoms with Crippen molar-refractivity contribution in [2.45, 2.75) is 122 Å². The first-order valence-corrected chi connectivity index (χ1v) is 25.5. The molecule has 2 aliphatic carbocycles. The lowest BCUT2D eigenvalue weighted by Gasteiger charge is -2.31. The summed E-state index contributed by atoms with van der Waals surface area (Å²) in [6, 6.07) is 17.3. The van der Waals surface area contributed by atoms with Crippen LogP contribution in [0, 0.1) is 17.3 Å². The zero-order valence-electron chi connectivity index (χ0n) is 41.9. The molecular weight excluding hydrogens is 899 g/mol. The smallest absolute Gasteiger partial charge is 0.407 e. The maximum Gasteiger partial charge on any atom is 0.407 e. The van der Waals surface area contributed by atoms with Gasteiger partial charge in [-0.2, -0.15) is 0 Å². The van der Waals surface area contributed by atoms with E-state index in [0.717, 1.165) is 52.8 Å². The largest absolute Gasteiger partial charge is 0.483 e. The number of aromatic nitrogens is 2. The summed E-state index contributed by atoms with van der Waals surface area (Å²) in [4.78, 5) is 70.8. The first-order valence-electron chi connectivity index (χ1n) is 25.5. The van der Waals surface area contributed by atoms with E-state index in [1.165, 1.54) is 56.6 Å². The minimum Gasteiger partial charge on any atom is -0.483 e. The van der Waals surface area contributed by atoms with Crippen LogP contribution in [-0.2, 0) is 41.4 Å². The standard InChI is InChI=1S/C56H67N7O8/c1-32(2)48(58-34(5)68-6)53(66)63-31-56(70-23-24-71-56)29-47(63)45-26-38(30-57-45)35-12-14-36(15-13-35)39-17-18-40(43-28-55(27-42(39)43)20-8-9-21-55)37-16-19-44-41(25-37)51(64)61-50(59-44)46-11-10-22-62(46)52(65)49(33(3)4)60-54(67)69-7/h12-19,25,30,32-33,46-49,58H,5,8-11,20-24,26-29,31H2,1-4,6-7H3,(H,60,67)(H,59,61,64)/t46-,47-,48+,49-/m0/s1. The normalized spacial score (nSPS) is 21.8. The summed E-state index contributed by atoms with van der Waals surface area (Å²) < 4.78 is 22.4. The number of amides is 3. The molecule has 374 valence electrons. The number of aromatic amines is 1. The van der Waals surface area contributed by atoms with Crippen LogP contribution >= 0.6 is 0 Å². The summed E-state index contributed by atoms with van der Waals surface area (Å²) in [5, 5.41) is 6.38. The van der Waals surface area contributed by atoms with Gasteiger partial charge in [0.15, 0.2) is 11.7 Å². The second-order valence-electron chi connectivity index (χ2n) is 21.2. The molecular formula is C56H67N7O8. The molecule has 4 aromatic rings. The van der Waals surface area contributed by atoms with E-state index >= 15 is 0 Å². The quantitative estimate of drug-likeness (QED) is 0.111. The molecule has 15 heteroatoms. The summed E-state index contributed by atoms with van der Waals surface area (Å²) >= 11 is 0. The van der Waals surface area contributed by atoms with Crippen LogP contribution in [0.25, 0.3) is 38.7 Å². The average molecular weight is 966 g/mol. The molecule has 3 aromatic carbocycles. The lowest BCUT2D eigenvalue weighted by Crippen LogP contribution is -2.52. The molecule has 3 amide bonds. The minimum absolute atomic E-state index is 0.0213. The second kappa shape index (κ2) is 19.4. The zero-order valence-corrected chi connectivity index (χ0v) is 41.9. The highest BCUT2D eigenvalue weighted by molar-refractivity contribution is 6.04. The number of carbonyl (C=O) groups excluding carboxylic acids is 3.